The van der Waals surface area contributed by atoms with Gasteiger partial charge in [-0.15, -0.1) is 0 Å². The molecule has 2 aromatic heterocycles. The number of methoxy groups -OCH3 is 1. The Hall–Kier alpha value is -3.36. The minimum Gasteiger partial charge on any atom is -0.497 e. The molecule has 3 heterocycles. The largest absolute Gasteiger partial charge is 0.497 e. The fraction of sp³-hybridized carbons (Fsp3) is 0.478. The zero-order chi connectivity index (χ0) is 22.2. The Kier molecular flexibility index (Phi) is 5.32. The van der Waals surface area contributed by atoms with Crippen LogP contribution in [0.2, 0.25) is 0 Å². The lowest BCUT2D eigenvalue weighted by Crippen LogP contribution is -2.53. The lowest BCUT2D eigenvalue weighted by molar-refractivity contribution is 0.192. The smallest absolute Gasteiger partial charge is 0.317 e. The third-order valence-corrected chi connectivity index (χ3v) is 5.96. The topological polar surface area (TPSA) is 88.4 Å². The first-order chi connectivity index (χ1) is 15.5. The molecule has 3 aromatic rings. The van der Waals surface area contributed by atoms with Crippen molar-refractivity contribution in [2.75, 3.05) is 38.2 Å². The van der Waals surface area contributed by atoms with E-state index in [1.54, 1.807) is 7.11 Å². The van der Waals surface area contributed by atoms with Crippen LogP contribution >= 0.6 is 0 Å². The van der Waals surface area contributed by atoms with Crippen molar-refractivity contribution in [3.8, 4) is 11.4 Å². The van der Waals surface area contributed by atoms with E-state index in [1.165, 1.54) is 0 Å². The van der Waals surface area contributed by atoms with Crippen LogP contribution in [0.1, 0.15) is 38.4 Å². The molecule has 0 atom stereocenters. The number of nitrogens with one attached hydrogen (secondary N) is 1. The summed E-state index contributed by atoms with van der Waals surface area (Å²) >= 11 is 0. The van der Waals surface area contributed by atoms with Crippen molar-refractivity contribution in [1.82, 2.24) is 30.0 Å². The minimum absolute atomic E-state index is 0.00141. The number of piperazine rings is 1. The number of aromatic nitrogens is 4. The second-order valence-electron chi connectivity index (χ2n) is 8.75. The van der Waals surface area contributed by atoms with E-state index in [-0.39, 0.29) is 12.1 Å². The van der Waals surface area contributed by atoms with Crippen LogP contribution in [0, 0.1) is 0 Å². The normalized spacial score (nSPS) is 16.6. The molecule has 1 aliphatic heterocycles. The van der Waals surface area contributed by atoms with Crippen molar-refractivity contribution in [2.24, 2.45) is 0 Å². The fourth-order valence-electron chi connectivity index (χ4n) is 4.05. The quantitative estimate of drug-likeness (QED) is 0.663. The molecule has 0 bridgehead atoms. The SMILES string of the molecule is COc1ccc(-n2ncc3c(N4CCN(C(=O)NC(C)C)CC4)nc(C4CC4)nc32)cc1. The molecule has 1 aliphatic carbocycles. The number of nitrogens with zero attached hydrogens (tertiary/aromatic N) is 6. The van der Waals surface area contributed by atoms with Gasteiger partial charge in [-0.05, 0) is 51.0 Å². The molecule has 9 heteroatoms. The van der Waals surface area contributed by atoms with Crippen molar-refractivity contribution in [2.45, 2.75) is 38.6 Å². The summed E-state index contributed by atoms with van der Waals surface area (Å²) in [6.07, 6.45) is 4.11. The number of hydrogen-bond acceptors (Lipinski definition) is 6. The van der Waals surface area contributed by atoms with Gasteiger partial charge in [0.15, 0.2) is 5.65 Å². The Bertz CT molecular complexity index is 1110. The van der Waals surface area contributed by atoms with Crippen LogP contribution in [-0.4, -0.2) is 70.0 Å². The van der Waals surface area contributed by atoms with E-state index in [4.69, 9.17) is 14.7 Å². The number of carbonyl (C=O) groups is 1. The Balaban J connectivity index is 1.46. The molecule has 0 spiro atoms. The van der Waals surface area contributed by atoms with Crippen LogP contribution in [0.5, 0.6) is 5.75 Å². The van der Waals surface area contributed by atoms with Gasteiger partial charge in [-0.1, -0.05) is 0 Å². The molecular formula is C23H29N7O2. The second-order valence-corrected chi connectivity index (χ2v) is 8.75. The summed E-state index contributed by atoms with van der Waals surface area (Å²) < 4.78 is 7.16. The summed E-state index contributed by atoms with van der Waals surface area (Å²) in [5, 5.41) is 8.56. The highest BCUT2D eigenvalue weighted by molar-refractivity contribution is 5.88. The monoisotopic (exact) mass is 435 g/mol. The van der Waals surface area contributed by atoms with E-state index in [0.29, 0.717) is 19.0 Å². The fourth-order valence-corrected chi connectivity index (χ4v) is 4.05. The second kappa shape index (κ2) is 8.29. The Labute approximate surface area is 187 Å². The van der Waals surface area contributed by atoms with Crippen molar-refractivity contribution in [1.29, 1.82) is 0 Å². The lowest BCUT2D eigenvalue weighted by atomic mass is 10.2. The van der Waals surface area contributed by atoms with E-state index in [1.807, 2.05) is 53.9 Å². The van der Waals surface area contributed by atoms with Gasteiger partial charge in [0.1, 0.15) is 17.4 Å². The molecule has 2 aliphatic rings. The standard InChI is InChI=1S/C23H29N7O2/c1-15(2)25-23(31)29-12-10-28(11-13-29)21-19-14-24-30(17-6-8-18(32-3)9-7-17)22(19)27-20(26-21)16-4-5-16/h6-9,14-16H,4-5,10-13H2,1-3H3,(H,25,31). The maximum Gasteiger partial charge on any atom is 0.317 e. The number of rotatable bonds is 5. The van der Waals surface area contributed by atoms with Gasteiger partial charge < -0.3 is 19.9 Å². The number of fused-ring (bicyclic) bond motifs is 1. The highest BCUT2D eigenvalue weighted by Gasteiger charge is 2.31. The van der Waals surface area contributed by atoms with Crippen LogP contribution in [0.3, 0.4) is 0 Å². The highest BCUT2D eigenvalue weighted by atomic mass is 16.5. The predicted molar refractivity (Wildman–Crippen MR) is 123 cm³/mol. The van der Waals surface area contributed by atoms with Crippen LogP contribution in [0.4, 0.5) is 10.6 Å². The average molecular weight is 436 g/mol. The van der Waals surface area contributed by atoms with E-state index in [9.17, 15) is 4.79 Å². The third kappa shape index (κ3) is 3.94. The summed E-state index contributed by atoms with van der Waals surface area (Å²) in [6.45, 7) is 6.74. The number of hydrogen-bond donors (Lipinski definition) is 1. The molecule has 0 unspecified atom stereocenters. The van der Waals surface area contributed by atoms with Gasteiger partial charge >= 0.3 is 6.03 Å². The molecule has 168 valence electrons. The van der Waals surface area contributed by atoms with Crippen molar-refractivity contribution >= 4 is 22.9 Å². The summed E-state index contributed by atoms with van der Waals surface area (Å²) in [5.74, 6) is 3.04. The maximum atomic E-state index is 12.4. The number of ether oxygens (including phenoxy) is 1. The summed E-state index contributed by atoms with van der Waals surface area (Å²) in [4.78, 5) is 26.4. The molecule has 1 saturated heterocycles. The molecule has 1 aromatic carbocycles. The van der Waals surface area contributed by atoms with Gasteiger partial charge in [0.05, 0.1) is 24.4 Å². The molecule has 2 fully saturated rings. The van der Waals surface area contributed by atoms with Gasteiger partial charge in [-0.25, -0.2) is 19.4 Å². The van der Waals surface area contributed by atoms with Crippen LogP contribution in [-0.2, 0) is 0 Å². The molecule has 1 N–H and O–H groups in total. The number of benzene rings is 1. The summed E-state index contributed by atoms with van der Waals surface area (Å²) in [6, 6.07) is 7.94. The molecule has 1 saturated carbocycles. The van der Waals surface area contributed by atoms with Gasteiger partial charge in [-0.3, -0.25) is 0 Å². The highest BCUT2D eigenvalue weighted by Crippen LogP contribution is 2.40. The first-order valence-electron chi connectivity index (χ1n) is 11.2. The molecule has 0 radical (unpaired) electrons. The summed E-state index contributed by atoms with van der Waals surface area (Å²) in [7, 11) is 1.66. The van der Waals surface area contributed by atoms with Gasteiger partial charge in [-0.2, -0.15) is 5.10 Å². The summed E-state index contributed by atoms with van der Waals surface area (Å²) in [5.41, 5.74) is 1.75. The van der Waals surface area contributed by atoms with Crippen molar-refractivity contribution in [3.05, 3.63) is 36.3 Å². The number of anilines is 1. The maximum absolute atomic E-state index is 12.4. The minimum atomic E-state index is -0.00141. The molecule has 2 amide bonds. The van der Waals surface area contributed by atoms with E-state index < -0.39 is 0 Å². The van der Waals surface area contributed by atoms with Gasteiger partial charge in [0, 0.05) is 38.1 Å². The first-order valence-corrected chi connectivity index (χ1v) is 11.2. The Morgan fingerprint density at radius 3 is 2.44 bits per heavy atom. The third-order valence-electron chi connectivity index (χ3n) is 5.96. The lowest BCUT2D eigenvalue weighted by Gasteiger charge is -2.36. The van der Waals surface area contributed by atoms with E-state index >= 15 is 0 Å². The number of amides is 2. The van der Waals surface area contributed by atoms with Gasteiger partial charge in [0.25, 0.3) is 0 Å². The predicted octanol–water partition coefficient (Wildman–Crippen LogP) is 2.94. The molecule has 32 heavy (non-hydrogen) atoms. The first kappa shape index (κ1) is 20.5. The van der Waals surface area contributed by atoms with Crippen LogP contribution < -0.4 is 15.0 Å². The Morgan fingerprint density at radius 2 is 1.81 bits per heavy atom. The zero-order valence-corrected chi connectivity index (χ0v) is 18.8. The van der Waals surface area contributed by atoms with Crippen LogP contribution in [0.15, 0.2) is 30.5 Å². The molecule has 9 nitrogen and oxygen atoms in total. The van der Waals surface area contributed by atoms with Crippen molar-refractivity contribution in [3.63, 3.8) is 0 Å². The van der Waals surface area contributed by atoms with Crippen LogP contribution in [0.25, 0.3) is 16.7 Å². The average Bonchev–Trinajstić information content (AvgIpc) is 3.57. The zero-order valence-electron chi connectivity index (χ0n) is 18.8. The molecule has 5 rings (SSSR count). The molecular weight excluding hydrogens is 406 g/mol. The van der Waals surface area contributed by atoms with Crippen molar-refractivity contribution < 1.29 is 9.53 Å². The van der Waals surface area contributed by atoms with E-state index in [0.717, 1.165) is 60.0 Å². The van der Waals surface area contributed by atoms with Gasteiger partial charge in [0.2, 0.25) is 0 Å². The number of carbonyl (C=O) groups excluding carboxylic acids is 1. The van der Waals surface area contributed by atoms with E-state index in [2.05, 4.69) is 15.3 Å². The number of urea groups is 1. The Morgan fingerprint density at radius 1 is 1.09 bits per heavy atom.